The van der Waals surface area contributed by atoms with Gasteiger partial charge in [-0.15, -0.1) is 11.3 Å². The summed E-state index contributed by atoms with van der Waals surface area (Å²) in [5.74, 6) is 0.445. The molecule has 3 rings (SSSR count). The molecule has 0 aliphatic carbocycles. The van der Waals surface area contributed by atoms with Crippen LogP contribution in [0, 0.1) is 6.92 Å². The van der Waals surface area contributed by atoms with E-state index in [4.69, 9.17) is 0 Å². The molecule has 1 aliphatic rings. The van der Waals surface area contributed by atoms with Gasteiger partial charge in [-0.05, 0) is 38.8 Å². The molecule has 0 unspecified atom stereocenters. The zero-order valence-corrected chi connectivity index (χ0v) is 18.0. The van der Waals surface area contributed by atoms with Crippen molar-refractivity contribution in [2.45, 2.75) is 33.2 Å². The molecule has 1 aliphatic heterocycles. The van der Waals surface area contributed by atoms with Crippen LogP contribution in [-0.2, 0) is 6.54 Å². The number of guanidine groups is 1. The summed E-state index contributed by atoms with van der Waals surface area (Å²) in [7, 11) is 2.00. The van der Waals surface area contributed by atoms with Gasteiger partial charge in [0, 0.05) is 32.1 Å². The van der Waals surface area contributed by atoms with Crippen LogP contribution in [0.3, 0.4) is 0 Å². The Hall–Kier alpha value is -2.74. The highest BCUT2D eigenvalue weighted by Crippen LogP contribution is 2.22. The van der Waals surface area contributed by atoms with Gasteiger partial charge in [0.05, 0.1) is 28.4 Å². The minimum absolute atomic E-state index is 0.194. The largest absolute Gasteiger partial charge is 0.357 e. The van der Waals surface area contributed by atoms with Crippen molar-refractivity contribution in [3.8, 4) is 0 Å². The summed E-state index contributed by atoms with van der Waals surface area (Å²) in [6.07, 6.45) is 1.52. The summed E-state index contributed by atoms with van der Waals surface area (Å²) in [5, 5.41) is 6.43. The van der Waals surface area contributed by atoms with E-state index in [0.29, 0.717) is 30.8 Å². The third-order valence-corrected chi connectivity index (χ3v) is 5.51. The molecule has 1 N–H and O–H groups in total. The normalized spacial score (nSPS) is 13.8. The van der Waals surface area contributed by atoms with Gasteiger partial charge in [0.25, 0.3) is 11.8 Å². The third-order valence-electron chi connectivity index (χ3n) is 4.69. The molecule has 7 nitrogen and oxygen atoms in total. The number of aliphatic imine (C=N–C) groups is 1. The number of amides is 2. The van der Waals surface area contributed by atoms with E-state index < -0.39 is 0 Å². The van der Waals surface area contributed by atoms with E-state index in [2.05, 4.69) is 25.6 Å². The number of unbranched alkanes of at least 4 members (excludes halogenated alkanes) is 1. The van der Waals surface area contributed by atoms with Crippen molar-refractivity contribution >= 4 is 29.1 Å². The second-order valence-electron chi connectivity index (χ2n) is 6.96. The predicted octanol–water partition coefficient (Wildman–Crippen LogP) is 2.93. The maximum absolute atomic E-state index is 12.4. The quantitative estimate of drug-likeness (QED) is 0.312. The first-order chi connectivity index (χ1) is 14.0. The van der Waals surface area contributed by atoms with Gasteiger partial charge in [0.15, 0.2) is 5.96 Å². The number of thiazole rings is 1. The zero-order valence-electron chi connectivity index (χ0n) is 17.1. The number of aromatic nitrogens is 1. The van der Waals surface area contributed by atoms with E-state index in [0.717, 1.165) is 36.0 Å². The molecule has 2 amide bonds. The number of nitrogens with one attached hydrogen (secondary N) is 1. The SMILES string of the molecule is CCNC(=NCCCCN1C(=O)c2ccccc2C1=O)N(C)Cc1csc(C)n1. The average molecular weight is 414 g/mol. The number of nitrogens with zero attached hydrogens (tertiary/aromatic N) is 4. The molecule has 0 saturated carbocycles. The van der Waals surface area contributed by atoms with E-state index in [1.807, 2.05) is 20.9 Å². The Labute approximate surface area is 175 Å². The van der Waals surface area contributed by atoms with Crippen LogP contribution in [0.5, 0.6) is 0 Å². The van der Waals surface area contributed by atoms with Gasteiger partial charge in [0.2, 0.25) is 0 Å². The van der Waals surface area contributed by atoms with Crippen molar-refractivity contribution < 1.29 is 9.59 Å². The molecule has 8 heteroatoms. The maximum atomic E-state index is 12.4. The molecule has 2 heterocycles. The Balaban J connectivity index is 1.49. The molecule has 0 radical (unpaired) electrons. The summed E-state index contributed by atoms with van der Waals surface area (Å²) in [4.78, 5) is 37.4. The van der Waals surface area contributed by atoms with Gasteiger partial charge in [-0.25, -0.2) is 4.98 Å². The number of aryl methyl sites for hydroxylation is 1. The zero-order chi connectivity index (χ0) is 20.8. The van der Waals surface area contributed by atoms with Crippen LogP contribution in [0.4, 0.5) is 0 Å². The highest BCUT2D eigenvalue weighted by atomic mass is 32.1. The van der Waals surface area contributed by atoms with Crippen LogP contribution in [0.2, 0.25) is 0 Å². The first-order valence-electron chi connectivity index (χ1n) is 9.87. The summed E-state index contributed by atoms with van der Waals surface area (Å²) in [6.45, 7) is 6.58. The number of rotatable bonds is 8. The molecule has 0 bridgehead atoms. The lowest BCUT2D eigenvalue weighted by atomic mass is 10.1. The highest BCUT2D eigenvalue weighted by Gasteiger charge is 2.34. The molecule has 2 aromatic rings. The minimum Gasteiger partial charge on any atom is -0.357 e. The van der Waals surface area contributed by atoms with E-state index in [1.54, 1.807) is 35.6 Å². The van der Waals surface area contributed by atoms with Crippen LogP contribution in [-0.4, -0.2) is 59.2 Å². The van der Waals surface area contributed by atoms with Crippen molar-refractivity contribution in [2.24, 2.45) is 4.99 Å². The summed E-state index contributed by atoms with van der Waals surface area (Å²) >= 11 is 1.65. The number of benzene rings is 1. The van der Waals surface area contributed by atoms with Gasteiger partial charge < -0.3 is 10.2 Å². The first-order valence-corrected chi connectivity index (χ1v) is 10.7. The predicted molar refractivity (Wildman–Crippen MR) is 115 cm³/mol. The lowest BCUT2D eigenvalue weighted by Crippen LogP contribution is -2.38. The Morgan fingerprint density at radius 1 is 1.21 bits per heavy atom. The molecule has 1 aromatic carbocycles. The number of carbonyl (C=O) groups is 2. The lowest BCUT2D eigenvalue weighted by Gasteiger charge is -2.21. The fourth-order valence-electron chi connectivity index (χ4n) is 3.28. The van der Waals surface area contributed by atoms with Gasteiger partial charge in [0.1, 0.15) is 0 Å². The van der Waals surface area contributed by atoms with Crippen LogP contribution in [0.25, 0.3) is 0 Å². The van der Waals surface area contributed by atoms with Crippen LogP contribution < -0.4 is 5.32 Å². The van der Waals surface area contributed by atoms with Crippen LogP contribution >= 0.6 is 11.3 Å². The van der Waals surface area contributed by atoms with Crippen molar-refractivity contribution in [1.29, 1.82) is 0 Å². The van der Waals surface area contributed by atoms with E-state index in [1.165, 1.54) is 4.90 Å². The molecular formula is C21H27N5O2S. The minimum atomic E-state index is -0.194. The third kappa shape index (κ3) is 5.00. The van der Waals surface area contributed by atoms with Crippen LogP contribution in [0.1, 0.15) is 51.2 Å². The summed E-state index contributed by atoms with van der Waals surface area (Å²) in [6, 6.07) is 6.99. The standard InChI is InChI=1S/C21H27N5O2S/c1-4-22-21(25(3)13-16-14-29-15(2)24-16)23-11-7-8-12-26-19(27)17-9-5-6-10-18(17)20(26)28/h5-6,9-10,14H,4,7-8,11-13H2,1-3H3,(H,22,23). The number of fused-ring (bicyclic) bond motifs is 1. The number of imide groups is 1. The Bertz CT molecular complexity index is 873. The maximum Gasteiger partial charge on any atom is 0.261 e. The fourth-order valence-corrected chi connectivity index (χ4v) is 3.88. The summed E-state index contributed by atoms with van der Waals surface area (Å²) in [5.41, 5.74) is 2.04. The Kier molecular flexibility index (Phi) is 6.98. The average Bonchev–Trinajstić information content (AvgIpc) is 3.22. The molecule has 0 fully saturated rings. The van der Waals surface area contributed by atoms with Gasteiger partial charge >= 0.3 is 0 Å². The number of carbonyl (C=O) groups excluding carboxylic acids is 2. The van der Waals surface area contributed by atoms with E-state index in [9.17, 15) is 9.59 Å². The molecule has 0 saturated heterocycles. The number of hydrogen-bond acceptors (Lipinski definition) is 5. The van der Waals surface area contributed by atoms with Gasteiger partial charge in [-0.1, -0.05) is 12.1 Å². The topological polar surface area (TPSA) is 77.9 Å². The lowest BCUT2D eigenvalue weighted by molar-refractivity contribution is 0.0652. The molecule has 29 heavy (non-hydrogen) atoms. The second-order valence-corrected chi connectivity index (χ2v) is 8.03. The Morgan fingerprint density at radius 3 is 2.48 bits per heavy atom. The second kappa shape index (κ2) is 9.65. The van der Waals surface area contributed by atoms with Crippen molar-refractivity contribution in [3.05, 3.63) is 51.5 Å². The van der Waals surface area contributed by atoms with Gasteiger partial charge in [-0.3, -0.25) is 19.5 Å². The fraction of sp³-hybridized carbons (Fsp3) is 0.429. The van der Waals surface area contributed by atoms with Crippen molar-refractivity contribution in [3.63, 3.8) is 0 Å². The molecule has 154 valence electrons. The molecule has 1 aromatic heterocycles. The molecule has 0 atom stereocenters. The molecular weight excluding hydrogens is 386 g/mol. The molecule has 0 spiro atoms. The first kappa shape index (κ1) is 21.0. The van der Waals surface area contributed by atoms with Crippen LogP contribution in [0.15, 0.2) is 34.6 Å². The van der Waals surface area contributed by atoms with Crippen molar-refractivity contribution in [2.75, 3.05) is 26.7 Å². The monoisotopic (exact) mass is 413 g/mol. The summed E-state index contributed by atoms with van der Waals surface area (Å²) < 4.78 is 0. The Morgan fingerprint density at radius 2 is 1.90 bits per heavy atom. The van der Waals surface area contributed by atoms with E-state index >= 15 is 0 Å². The van der Waals surface area contributed by atoms with E-state index in [-0.39, 0.29) is 11.8 Å². The van der Waals surface area contributed by atoms with Crippen molar-refractivity contribution in [1.82, 2.24) is 20.1 Å². The smallest absolute Gasteiger partial charge is 0.261 e. The number of hydrogen-bond donors (Lipinski definition) is 1. The van der Waals surface area contributed by atoms with Gasteiger partial charge in [-0.2, -0.15) is 0 Å². The highest BCUT2D eigenvalue weighted by molar-refractivity contribution is 7.09.